The van der Waals surface area contributed by atoms with E-state index in [1.807, 2.05) is 140 Å². The van der Waals surface area contributed by atoms with Crippen LogP contribution >= 0.6 is 23.5 Å². The molecule has 1 saturated heterocycles. The first-order valence-electron chi connectivity index (χ1n) is 23.8. The van der Waals surface area contributed by atoms with Crippen molar-refractivity contribution in [2.75, 3.05) is 0 Å². The van der Waals surface area contributed by atoms with E-state index in [0.717, 1.165) is 109 Å². The van der Waals surface area contributed by atoms with E-state index in [9.17, 15) is 14.4 Å². The van der Waals surface area contributed by atoms with Gasteiger partial charge in [-0.2, -0.15) is 17.5 Å². The Morgan fingerprint density at radius 1 is 0.554 bits per heavy atom. The lowest BCUT2D eigenvalue weighted by atomic mass is 9.99. The number of amides is 2. The van der Waals surface area contributed by atoms with Crippen LogP contribution in [0.15, 0.2) is 170 Å². The Hall–Kier alpha value is -8.31. The van der Waals surface area contributed by atoms with Crippen LogP contribution in [0, 0.1) is 0 Å². The number of aromatic nitrogens is 8. The molecule has 74 heavy (non-hydrogen) atoms. The van der Waals surface area contributed by atoms with Crippen molar-refractivity contribution in [1.29, 1.82) is 0 Å². The number of rotatable bonds is 15. The summed E-state index contributed by atoms with van der Waals surface area (Å²) in [7, 11) is 0. The number of hydrogen-bond acceptors (Lipinski definition) is 13. The zero-order valence-corrected chi connectivity index (χ0v) is 43.0. The summed E-state index contributed by atoms with van der Waals surface area (Å²) >= 11 is 2.41. The van der Waals surface area contributed by atoms with Crippen molar-refractivity contribution in [3.8, 4) is 44.8 Å². The Balaban J connectivity index is 0.000000194. The maximum Gasteiger partial charge on any atom is 0.333 e. The van der Waals surface area contributed by atoms with E-state index >= 15 is 0 Å². The Morgan fingerprint density at radius 2 is 1.04 bits per heavy atom. The van der Waals surface area contributed by atoms with Crippen molar-refractivity contribution in [3.05, 3.63) is 193 Å². The molecule has 0 aliphatic carbocycles. The van der Waals surface area contributed by atoms with Gasteiger partial charge >= 0.3 is 5.97 Å². The van der Waals surface area contributed by atoms with Gasteiger partial charge < -0.3 is 21.8 Å². The molecule has 366 valence electrons. The summed E-state index contributed by atoms with van der Waals surface area (Å²) in [6, 6.07) is 48.6. The molecule has 0 spiro atoms. The number of fused-ring (bicyclic) bond motifs is 2. The van der Waals surface area contributed by atoms with Gasteiger partial charge in [0.25, 0.3) is 11.8 Å². The first-order chi connectivity index (χ1) is 36.0. The van der Waals surface area contributed by atoms with Crippen LogP contribution in [0.5, 0.6) is 0 Å². The highest BCUT2D eigenvalue weighted by Gasteiger charge is 2.32. The smallest absolute Gasteiger partial charge is 0.333 e. The third kappa shape index (κ3) is 12.0. The predicted molar refractivity (Wildman–Crippen MR) is 287 cm³/mol. The molecule has 1 aliphatic rings. The Morgan fingerprint density at radius 3 is 1.55 bits per heavy atom. The van der Waals surface area contributed by atoms with E-state index < -0.39 is 17.8 Å². The van der Waals surface area contributed by atoms with Crippen LogP contribution < -0.4 is 21.5 Å². The number of carbonyl (C=O) groups excluding carboxylic acids is 3. The number of hydrogen-bond donors (Lipinski definition) is 0. The zero-order chi connectivity index (χ0) is 49.8. The van der Waals surface area contributed by atoms with Gasteiger partial charge in [0.1, 0.15) is 28.6 Å². The third-order valence-corrected chi connectivity index (χ3v) is 13.1. The van der Waals surface area contributed by atoms with Gasteiger partial charge in [-0.15, -0.1) is 5.06 Å². The lowest BCUT2D eigenvalue weighted by Gasteiger charge is -2.12. The highest BCUT2D eigenvalue weighted by Crippen LogP contribution is 2.38. The normalized spacial score (nSPS) is 12.4. The summed E-state index contributed by atoms with van der Waals surface area (Å²) in [6.45, 7) is 0.780. The predicted octanol–water partition coefficient (Wildman–Crippen LogP) is 9.04. The minimum atomic E-state index is -0.557. The van der Waals surface area contributed by atoms with Crippen LogP contribution in [0.4, 0.5) is 0 Å². The second-order valence-electron chi connectivity index (χ2n) is 17.0. The van der Waals surface area contributed by atoms with Gasteiger partial charge in [0, 0.05) is 72.0 Å². The molecule has 0 atom stereocenters. The molecule has 0 unspecified atom stereocenters. The average Bonchev–Trinajstić information content (AvgIpc) is 4.22. The third-order valence-electron chi connectivity index (χ3n) is 12.0. The molecule has 11 rings (SSSR count). The Kier molecular flexibility index (Phi) is 16.7. The first-order valence-corrected chi connectivity index (χ1v) is 25.3. The van der Waals surface area contributed by atoms with Crippen molar-refractivity contribution in [2.24, 2.45) is 0 Å². The highest BCUT2D eigenvalue weighted by molar-refractivity contribution is 7.00. The van der Waals surface area contributed by atoms with Crippen molar-refractivity contribution in [2.45, 2.75) is 45.1 Å². The molecule has 0 bridgehead atoms. The second kappa shape index (κ2) is 24.4. The van der Waals surface area contributed by atoms with E-state index in [1.165, 1.54) is 23.5 Å². The molecular weight excluding hydrogens is 1030 g/mol. The van der Waals surface area contributed by atoms with E-state index in [4.69, 9.17) is 19.2 Å². The number of pyridine rings is 4. The van der Waals surface area contributed by atoms with Gasteiger partial charge in [0.15, 0.2) is 12.4 Å². The monoisotopic (exact) mass is 1080 g/mol. The van der Waals surface area contributed by atoms with Crippen LogP contribution in [-0.2, 0) is 25.8 Å². The molecule has 0 saturated carbocycles. The van der Waals surface area contributed by atoms with Gasteiger partial charge in [-0.25, -0.2) is 19.3 Å². The van der Waals surface area contributed by atoms with Crippen LogP contribution in [0.1, 0.15) is 61.0 Å². The van der Waals surface area contributed by atoms with Gasteiger partial charge in [-0.1, -0.05) is 133 Å². The summed E-state index contributed by atoms with van der Waals surface area (Å²) in [5.41, 5.74) is 14.8. The molecular formula is C58H46BrN9O4S2. The van der Waals surface area contributed by atoms with Gasteiger partial charge in [0.2, 0.25) is 0 Å². The van der Waals surface area contributed by atoms with Crippen LogP contribution in [0.2, 0.25) is 0 Å². The van der Waals surface area contributed by atoms with Crippen molar-refractivity contribution in [1.82, 2.24) is 37.5 Å². The minimum absolute atomic E-state index is 0. The Labute approximate surface area is 446 Å². The van der Waals surface area contributed by atoms with Crippen LogP contribution in [-0.4, -0.2) is 55.3 Å². The molecule has 1 aliphatic heterocycles. The molecule has 10 aromatic rings. The summed E-state index contributed by atoms with van der Waals surface area (Å²) in [5, 5.41) is 0.601. The fourth-order valence-electron chi connectivity index (χ4n) is 8.48. The average molecular weight is 1080 g/mol. The second-order valence-corrected chi connectivity index (χ2v) is 18.1. The number of unbranched alkanes of at least 4 members (excludes halogenated alkanes) is 2. The summed E-state index contributed by atoms with van der Waals surface area (Å²) < 4.78 is 20.6. The maximum atomic E-state index is 12.0. The maximum absolute atomic E-state index is 12.0. The molecule has 6 aromatic heterocycles. The number of carbonyl (C=O) groups is 3. The lowest BCUT2D eigenvalue weighted by molar-refractivity contribution is -0.697. The largest absolute Gasteiger partial charge is 1.00 e. The van der Waals surface area contributed by atoms with Gasteiger partial charge in [0.05, 0.1) is 46.2 Å². The minimum Gasteiger partial charge on any atom is -1.00 e. The molecule has 1 fully saturated rings. The fourth-order valence-corrected chi connectivity index (χ4v) is 9.59. The standard InChI is InChI=1S/C34H30N5O4S.C24H16N4S.BrH/c40-28-19-20-29(41)39(28)43-30(42)16-8-3-9-21-38-22-10-11-24(23-38)17-18-27-31(25-12-4-1-5-13-25)33-34(37-44-36-33)32(35-27)26-14-6-2-7-15-26;1-3-9-18(10-4-1)21-20(14-13-17-8-7-15-25-16-17)26-22(19-11-5-2-6-12-19)24-23(21)27-29-28-24;/h1-2,4-7,10-15,17-18,22-23H,3,8-9,16,19-21H2;1-16H;1H/q+1;;/p-1/b18-17+;14-13+;. The number of aryl methyl sites for hydroxylation is 1. The summed E-state index contributed by atoms with van der Waals surface area (Å²) in [6.07, 6.45) is 18.5. The van der Waals surface area contributed by atoms with Crippen molar-refractivity contribution in [3.63, 3.8) is 0 Å². The quantitative estimate of drug-likeness (QED) is 0.0548. The van der Waals surface area contributed by atoms with Crippen LogP contribution in [0.25, 0.3) is 91.1 Å². The molecule has 16 heteroatoms. The molecule has 0 N–H and O–H groups in total. The van der Waals surface area contributed by atoms with Gasteiger partial charge in [-0.05, 0) is 59.9 Å². The summed E-state index contributed by atoms with van der Waals surface area (Å²) in [5.74, 6) is -1.48. The number of benzene rings is 4. The first kappa shape index (κ1) is 50.6. The van der Waals surface area contributed by atoms with Crippen molar-refractivity contribution < 1.29 is 40.8 Å². The van der Waals surface area contributed by atoms with E-state index in [2.05, 4.69) is 71.3 Å². The molecule has 7 heterocycles. The highest BCUT2D eigenvalue weighted by atomic mass is 79.9. The lowest BCUT2D eigenvalue weighted by Crippen LogP contribution is -3.00. The van der Waals surface area contributed by atoms with Crippen molar-refractivity contribution >= 4 is 87.6 Å². The Bertz CT molecular complexity index is 3580. The number of nitrogens with zero attached hydrogens (tertiary/aromatic N) is 9. The molecule has 4 aromatic carbocycles. The van der Waals surface area contributed by atoms with Crippen LogP contribution in [0.3, 0.4) is 0 Å². The number of imide groups is 1. The zero-order valence-electron chi connectivity index (χ0n) is 39.8. The number of halogens is 1. The van der Waals surface area contributed by atoms with E-state index in [-0.39, 0.29) is 36.2 Å². The SMILES string of the molecule is C(=C\c1nc(-c2ccccc2)c2nsnc2c1-c1ccccc1)/c1cccnc1.O=C(CCCCC[n+]1cccc(/C=C/c2nc(-c3ccccc3)c3nsnc3c2-c2ccccc2)c1)ON1C(=O)CCC1=O.[Br-]. The fraction of sp³-hybridized carbons (Fsp3) is 0.121. The molecule has 13 nitrogen and oxygen atoms in total. The molecule has 2 amide bonds. The number of hydroxylamine groups is 2. The van der Waals surface area contributed by atoms with E-state index in [0.29, 0.717) is 11.5 Å². The summed E-state index contributed by atoms with van der Waals surface area (Å²) in [4.78, 5) is 54.5. The van der Waals surface area contributed by atoms with E-state index in [1.54, 1.807) is 6.20 Å². The van der Waals surface area contributed by atoms with Gasteiger partial charge in [-0.3, -0.25) is 14.6 Å². The topological polar surface area (TPSA) is 158 Å². The molecule has 0 radical (unpaired) electrons.